The molecule has 2 aromatic rings. The molecule has 8 heteroatoms. The fourth-order valence-electron chi connectivity index (χ4n) is 4.17. The minimum atomic E-state index is -0.292. The molecule has 8 nitrogen and oxygen atoms in total. The van der Waals surface area contributed by atoms with Crippen LogP contribution < -0.4 is 14.8 Å². The highest BCUT2D eigenvalue weighted by atomic mass is 16.5. The van der Waals surface area contributed by atoms with E-state index in [9.17, 15) is 9.59 Å². The van der Waals surface area contributed by atoms with E-state index < -0.39 is 0 Å². The van der Waals surface area contributed by atoms with E-state index in [0.717, 1.165) is 17.7 Å². The van der Waals surface area contributed by atoms with Gasteiger partial charge in [-0.25, -0.2) is 0 Å². The average Bonchev–Trinajstić information content (AvgIpc) is 3.20. The lowest BCUT2D eigenvalue weighted by atomic mass is 10.00. The van der Waals surface area contributed by atoms with Crippen LogP contribution in [0.3, 0.4) is 0 Å². The number of amides is 2. The summed E-state index contributed by atoms with van der Waals surface area (Å²) in [6, 6.07) is 7.09. The van der Waals surface area contributed by atoms with E-state index in [1.807, 2.05) is 29.8 Å². The van der Waals surface area contributed by atoms with Crippen LogP contribution >= 0.6 is 0 Å². The molecule has 0 bridgehead atoms. The average molecular weight is 487 g/mol. The van der Waals surface area contributed by atoms with Gasteiger partial charge in [-0.3, -0.25) is 14.3 Å². The second-order valence-corrected chi connectivity index (χ2v) is 9.85. The van der Waals surface area contributed by atoms with Crippen molar-refractivity contribution >= 4 is 11.8 Å². The van der Waals surface area contributed by atoms with Gasteiger partial charge in [-0.05, 0) is 42.9 Å². The number of aromatic nitrogens is 2. The third kappa shape index (κ3) is 7.73. The summed E-state index contributed by atoms with van der Waals surface area (Å²) in [5.74, 6) is 1.66. The maximum Gasteiger partial charge on any atom is 0.272 e. The second kappa shape index (κ2) is 13.2. The first kappa shape index (κ1) is 28.2. The van der Waals surface area contributed by atoms with Gasteiger partial charge in [0, 0.05) is 32.6 Å². The van der Waals surface area contributed by atoms with Gasteiger partial charge < -0.3 is 19.7 Å². The van der Waals surface area contributed by atoms with E-state index in [0.29, 0.717) is 48.5 Å². The number of hydrogen-bond acceptors (Lipinski definition) is 5. The van der Waals surface area contributed by atoms with Crippen LogP contribution in [0.1, 0.15) is 64.4 Å². The summed E-state index contributed by atoms with van der Waals surface area (Å²) in [4.78, 5) is 27.7. The molecule has 0 aliphatic rings. The zero-order valence-electron chi connectivity index (χ0n) is 22.6. The first-order chi connectivity index (χ1) is 16.6. The summed E-state index contributed by atoms with van der Waals surface area (Å²) in [6.45, 7) is 11.7. The molecule has 0 spiro atoms. The van der Waals surface area contributed by atoms with Crippen molar-refractivity contribution in [3.63, 3.8) is 0 Å². The Morgan fingerprint density at radius 1 is 1.09 bits per heavy atom. The number of hydrogen-bond donors (Lipinski definition) is 1. The van der Waals surface area contributed by atoms with Crippen molar-refractivity contribution in [2.45, 2.75) is 66.5 Å². The molecule has 1 heterocycles. The highest BCUT2D eigenvalue weighted by molar-refractivity contribution is 5.94. The Hall–Kier alpha value is -3.03. The molecule has 1 N–H and O–H groups in total. The van der Waals surface area contributed by atoms with Gasteiger partial charge in [-0.1, -0.05) is 40.7 Å². The molecule has 1 atom stereocenters. The Morgan fingerprint density at radius 2 is 1.71 bits per heavy atom. The predicted octanol–water partition coefficient (Wildman–Crippen LogP) is 4.63. The number of benzene rings is 1. The first-order valence-corrected chi connectivity index (χ1v) is 12.4. The van der Waals surface area contributed by atoms with Crippen LogP contribution in [0.4, 0.5) is 0 Å². The van der Waals surface area contributed by atoms with E-state index in [1.165, 1.54) is 0 Å². The van der Waals surface area contributed by atoms with Gasteiger partial charge in [0.1, 0.15) is 11.5 Å². The molecular weight excluding hydrogens is 444 g/mol. The van der Waals surface area contributed by atoms with Crippen molar-refractivity contribution in [3.05, 3.63) is 30.0 Å². The molecule has 2 amide bonds. The van der Waals surface area contributed by atoms with Crippen LogP contribution in [0.5, 0.6) is 11.5 Å². The Labute approximate surface area is 210 Å². The summed E-state index contributed by atoms with van der Waals surface area (Å²) in [5.41, 5.74) is 1.80. The van der Waals surface area contributed by atoms with E-state index in [4.69, 9.17) is 9.47 Å². The molecule has 0 aliphatic carbocycles. The molecule has 1 unspecified atom stereocenters. The highest BCUT2D eigenvalue weighted by Crippen LogP contribution is 2.38. The van der Waals surface area contributed by atoms with E-state index in [-0.39, 0.29) is 24.3 Å². The highest BCUT2D eigenvalue weighted by Gasteiger charge is 2.25. The number of rotatable bonds is 13. The molecule has 0 fully saturated rings. The van der Waals surface area contributed by atoms with Gasteiger partial charge in [-0.2, -0.15) is 5.10 Å². The van der Waals surface area contributed by atoms with Crippen molar-refractivity contribution in [2.75, 3.05) is 27.8 Å². The van der Waals surface area contributed by atoms with Crippen LogP contribution in [0.25, 0.3) is 11.3 Å². The van der Waals surface area contributed by atoms with Crippen molar-refractivity contribution in [1.29, 1.82) is 0 Å². The van der Waals surface area contributed by atoms with Crippen molar-refractivity contribution < 1.29 is 19.1 Å². The van der Waals surface area contributed by atoms with Gasteiger partial charge in [0.25, 0.3) is 5.91 Å². The van der Waals surface area contributed by atoms with Crippen LogP contribution in [-0.4, -0.2) is 60.3 Å². The molecule has 0 aliphatic heterocycles. The lowest BCUT2D eigenvalue weighted by molar-refractivity contribution is -0.130. The summed E-state index contributed by atoms with van der Waals surface area (Å²) >= 11 is 0. The third-order valence-corrected chi connectivity index (χ3v) is 5.73. The number of ether oxygens (including phenoxy) is 2. The van der Waals surface area contributed by atoms with Crippen molar-refractivity contribution in [2.24, 2.45) is 11.8 Å². The smallest absolute Gasteiger partial charge is 0.272 e. The van der Waals surface area contributed by atoms with Crippen molar-refractivity contribution in [3.8, 4) is 22.8 Å². The monoisotopic (exact) mass is 486 g/mol. The fourth-order valence-corrected chi connectivity index (χ4v) is 4.17. The van der Waals surface area contributed by atoms with Gasteiger partial charge >= 0.3 is 0 Å². The third-order valence-electron chi connectivity index (χ3n) is 5.73. The van der Waals surface area contributed by atoms with Crippen LogP contribution in [-0.2, 0) is 11.3 Å². The Morgan fingerprint density at radius 3 is 2.23 bits per heavy atom. The number of carbonyl (C=O) groups excluding carboxylic acids is 2. The topological polar surface area (TPSA) is 85.7 Å². The summed E-state index contributed by atoms with van der Waals surface area (Å²) in [6.07, 6.45) is 1.86. The Balaban J connectivity index is 2.40. The number of carbonyl (C=O) groups is 2. The predicted molar refractivity (Wildman–Crippen MR) is 139 cm³/mol. The standard InChI is InChI=1S/C27H42N4O4/c1-9-13-30(6)25(32)15-20(14-18(2)3)28-27(33)21-16-22(31(29-21)17-19(4)5)26-23(34-7)11-10-12-24(26)35-8/h10-12,16,18-20H,9,13-15,17H2,1-8H3,(H,28,33). The van der Waals surface area contributed by atoms with Crippen LogP contribution in [0.15, 0.2) is 24.3 Å². The van der Waals surface area contributed by atoms with Crippen LogP contribution in [0, 0.1) is 11.8 Å². The van der Waals surface area contributed by atoms with Gasteiger partial charge in [-0.15, -0.1) is 0 Å². The molecule has 0 saturated carbocycles. The van der Waals surface area contributed by atoms with Gasteiger partial charge in [0.05, 0.1) is 25.5 Å². The number of methoxy groups -OCH3 is 2. The number of nitrogens with one attached hydrogen (secondary N) is 1. The lowest BCUT2D eigenvalue weighted by Gasteiger charge is -2.23. The zero-order valence-corrected chi connectivity index (χ0v) is 22.6. The molecule has 0 saturated heterocycles. The zero-order chi connectivity index (χ0) is 26.1. The van der Waals surface area contributed by atoms with Crippen molar-refractivity contribution in [1.82, 2.24) is 20.0 Å². The maximum atomic E-state index is 13.3. The molecule has 1 aromatic heterocycles. The molecular formula is C27H42N4O4. The Bertz CT molecular complexity index is 961. The minimum absolute atomic E-state index is 0.0302. The normalized spacial score (nSPS) is 12.1. The summed E-state index contributed by atoms with van der Waals surface area (Å²) in [7, 11) is 5.02. The summed E-state index contributed by atoms with van der Waals surface area (Å²) < 4.78 is 13.0. The largest absolute Gasteiger partial charge is 0.496 e. The quantitative estimate of drug-likeness (QED) is 0.446. The molecule has 35 heavy (non-hydrogen) atoms. The number of nitrogens with zero attached hydrogens (tertiary/aromatic N) is 3. The van der Waals surface area contributed by atoms with E-state index in [1.54, 1.807) is 32.2 Å². The fraction of sp³-hybridized carbons (Fsp3) is 0.593. The van der Waals surface area contributed by atoms with Gasteiger partial charge in [0.15, 0.2) is 5.69 Å². The van der Waals surface area contributed by atoms with E-state index >= 15 is 0 Å². The molecule has 0 radical (unpaired) electrons. The first-order valence-electron chi connectivity index (χ1n) is 12.4. The molecule has 2 rings (SSSR count). The SMILES string of the molecule is CCCN(C)C(=O)CC(CC(C)C)NC(=O)c1cc(-c2c(OC)cccc2OC)n(CC(C)C)n1. The van der Waals surface area contributed by atoms with Crippen LogP contribution in [0.2, 0.25) is 0 Å². The second-order valence-electron chi connectivity index (χ2n) is 9.85. The summed E-state index contributed by atoms with van der Waals surface area (Å²) in [5, 5.41) is 7.72. The lowest BCUT2D eigenvalue weighted by Crippen LogP contribution is -2.40. The molecule has 194 valence electrons. The Kier molecular flexibility index (Phi) is 10.6. The maximum absolute atomic E-state index is 13.3. The van der Waals surface area contributed by atoms with Gasteiger partial charge in [0.2, 0.25) is 5.91 Å². The van der Waals surface area contributed by atoms with E-state index in [2.05, 4.69) is 38.1 Å². The molecule has 1 aromatic carbocycles. The minimum Gasteiger partial charge on any atom is -0.496 e.